The minimum absolute atomic E-state index is 0.0378. The summed E-state index contributed by atoms with van der Waals surface area (Å²) in [5.74, 6) is 1.97. The molecular weight excluding hydrogens is 306 g/mol. The van der Waals surface area contributed by atoms with Gasteiger partial charge in [0.1, 0.15) is 5.76 Å². The minimum atomic E-state index is -1.92. The Morgan fingerprint density at radius 3 is 2.71 bits per heavy atom. The molecule has 122 valence electrons. The highest BCUT2D eigenvalue weighted by Gasteiger charge is 2.50. The molecule has 1 aliphatic rings. The normalized spacial score (nSPS) is 19.2. The first-order valence-electron chi connectivity index (χ1n) is 7.55. The van der Waals surface area contributed by atoms with Crippen LogP contribution in [0.1, 0.15) is 33.7 Å². The summed E-state index contributed by atoms with van der Waals surface area (Å²) in [5.41, 5.74) is 0.110. The molecule has 2 heterocycles. The van der Waals surface area contributed by atoms with Crippen molar-refractivity contribution in [2.75, 3.05) is 11.4 Å². The fourth-order valence-electron chi connectivity index (χ4n) is 3.23. The van der Waals surface area contributed by atoms with Crippen LogP contribution in [0.25, 0.3) is 0 Å². The molecular formula is C19H17NO4. The van der Waals surface area contributed by atoms with Crippen LogP contribution >= 0.6 is 0 Å². The van der Waals surface area contributed by atoms with Gasteiger partial charge in [-0.1, -0.05) is 24.1 Å². The van der Waals surface area contributed by atoms with Crippen molar-refractivity contribution in [3.05, 3.63) is 53.0 Å². The van der Waals surface area contributed by atoms with E-state index in [9.17, 15) is 14.7 Å². The predicted octanol–water partition coefficient (Wildman–Crippen LogP) is 2.34. The molecule has 1 aromatic heterocycles. The second kappa shape index (κ2) is 5.66. The number of carbonyl (C=O) groups is 2. The van der Waals surface area contributed by atoms with Crippen LogP contribution in [0.5, 0.6) is 0 Å². The zero-order valence-electron chi connectivity index (χ0n) is 13.5. The minimum Gasteiger partial charge on any atom is -0.469 e. The maximum absolute atomic E-state index is 12.8. The van der Waals surface area contributed by atoms with E-state index in [4.69, 9.17) is 10.8 Å². The van der Waals surface area contributed by atoms with Gasteiger partial charge < -0.3 is 9.52 Å². The van der Waals surface area contributed by atoms with Crippen LogP contribution in [0.2, 0.25) is 0 Å². The molecule has 1 atom stereocenters. The number of para-hydroxylation sites is 1. The number of hydrogen-bond donors (Lipinski definition) is 1. The van der Waals surface area contributed by atoms with Crippen LogP contribution in [-0.2, 0) is 10.4 Å². The van der Waals surface area contributed by atoms with Crippen LogP contribution in [0, 0.1) is 26.2 Å². The molecule has 0 radical (unpaired) electrons. The topological polar surface area (TPSA) is 70.8 Å². The Hall–Kier alpha value is -2.84. The second-order valence-corrected chi connectivity index (χ2v) is 5.92. The molecule has 0 fully saturated rings. The largest absolute Gasteiger partial charge is 0.469 e. The smallest absolute Gasteiger partial charge is 0.265 e. The number of carbonyl (C=O) groups excluding carboxylic acids is 2. The Morgan fingerprint density at radius 1 is 1.38 bits per heavy atom. The molecule has 2 aromatic rings. The van der Waals surface area contributed by atoms with Gasteiger partial charge in [0.25, 0.3) is 5.91 Å². The van der Waals surface area contributed by atoms with Crippen molar-refractivity contribution in [2.24, 2.45) is 0 Å². The molecule has 0 unspecified atom stereocenters. The van der Waals surface area contributed by atoms with Crippen molar-refractivity contribution < 1.29 is 19.1 Å². The van der Waals surface area contributed by atoms with Crippen molar-refractivity contribution in [1.82, 2.24) is 0 Å². The zero-order chi connectivity index (χ0) is 17.5. The summed E-state index contributed by atoms with van der Waals surface area (Å²) in [6, 6.07) is 6.83. The molecule has 1 N–H and O–H groups in total. The summed E-state index contributed by atoms with van der Waals surface area (Å²) in [7, 11) is 0. The third kappa shape index (κ3) is 2.24. The molecule has 0 aliphatic carbocycles. The molecule has 1 aliphatic heterocycles. The quantitative estimate of drug-likeness (QED) is 0.692. The van der Waals surface area contributed by atoms with Crippen molar-refractivity contribution in [1.29, 1.82) is 0 Å². The number of ketones is 1. The van der Waals surface area contributed by atoms with Crippen LogP contribution in [-0.4, -0.2) is 23.3 Å². The molecule has 0 bridgehead atoms. The number of hydrogen-bond acceptors (Lipinski definition) is 4. The summed E-state index contributed by atoms with van der Waals surface area (Å²) >= 11 is 0. The lowest BCUT2D eigenvalue weighted by atomic mass is 9.87. The summed E-state index contributed by atoms with van der Waals surface area (Å²) in [6.45, 7) is 3.47. The Bertz CT molecular complexity index is 854. The maximum atomic E-state index is 12.8. The van der Waals surface area contributed by atoms with Gasteiger partial charge >= 0.3 is 0 Å². The van der Waals surface area contributed by atoms with Crippen LogP contribution in [0.4, 0.5) is 5.69 Å². The lowest BCUT2D eigenvalue weighted by molar-refractivity contribution is -0.135. The van der Waals surface area contributed by atoms with E-state index in [0.29, 0.717) is 28.1 Å². The van der Waals surface area contributed by atoms with Crippen molar-refractivity contribution in [3.8, 4) is 12.3 Å². The molecule has 5 nitrogen and oxygen atoms in total. The van der Waals surface area contributed by atoms with Gasteiger partial charge in [-0.3, -0.25) is 14.5 Å². The summed E-state index contributed by atoms with van der Waals surface area (Å²) < 4.78 is 5.25. The second-order valence-electron chi connectivity index (χ2n) is 5.92. The number of furan rings is 1. The highest BCUT2D eigenvalue weighted by molar-refractivity contribution is 6.11. The third-order valence-electron chi connectivity index (χ3n) is 4.34. The van der Waals surface area contributed by atoms with E-state index in [1.165, 1.54) is 11.2 Å². The lowest BCUT2D eigenvalue weighted by Gasteiger charge is -2.21. The Labute approximate surface area is 139 Å². The number of nitrogens with zero attached hydrogens (tertiary/aromatic N) is 1. The van der Waals surface area contributed by atoms with Gasteiger partial charge in [-0.25, -0.2) is 0 Å². The van der Waals surface area contributed by atoms with Crippen molar-refractivity contribution in [2.45, 2.75) is 25.9 Å². The average molecular weight is 323 g/mol. The number of aliphatic hydroxyl groups is 1. The van der Waals surface area contributed by atoms with Gasteiger partial charge in [-0.05, 0) is 25.5 Å². The van der Waals surface area contributed by atoms with Gasteiger partial charge in [0.05, 0.1) is 30.5 Å². The number of anilines is 1. The molecule has 0 spiro atoms. The molecule has 1 amide bonds. The Kier molecular flexibility index (Phi) is 3.78. The average Bonchev–Trinajstić information content (AvgIpc) is 2.99. The molecule has 3 rings (SSSR count). The van der Waals surface area contributed by atoms with E-state index in [1.54, 1.807) is 38.1 Å². The Morgan fingerprint density at radius 2 is 2.08 bits per heavy atom. The monoisotopic (exact) mass is 323 g/mol. The summed E-state index contributed by atoms with van der Waals surface area (Å²) in [4.78, 5) is 26.8. The molecule has 1 aromatic carbocycles. The molecule has 0 saturated heterocycles. The fourth-order valence-corrected chi connectivity index (χ4v) is 3.23. The molecule has 24 heavy (non-hydrogen) atoms. The first kappa shape index (κ1) is 16.0. The van der Waals surface area contributed by atoms with Crippen molar-refractivity contribution >= 4 is 17.4 Å². The highest BCUT2D eigenvalue weighted by atomic mass is 16.3. The van der Waals surface area contributed by atoms with E-state index >= 15 is 0 Å². The summed E-state index contributed by atoms with van der Waals surface area (Å²) in [6.07, 6.45) is 6.46. The van der Waals surface area contributed by atoms with E-state index in [0.717, 1.165) is 0 Å². The van der Waals surface area contributed by atoms with Crippen molar-refractivity contribution in [3.63, 3.8) is 0 Å². The van der Waals surface area contributed by atoms with Gasteiger partial charge in [0, 0.05) is 5.56 Å². The van der Waals surface area contributed by atoms with E-state index < -0.39 is 11.5 Å². The van der Waals surface area contributed by atoms with Crippen LogP contribution in [0.15, 0.2) is 34.9 Å². The molecule has 5 heteroatoms. The number of rotatable bonds is 4. The fraction of sp³-hybridized carbons (Fsp3) is 0.263. The van der Waals surface area contributed by atoms with Gasteiger partial charge in [0.15, 0.2) is 11.4 Å². The van der Waals surface area contributed by atoms with Gasteiger partial charge in [0.2, 0.25) is 0 Å². The van der Waals surface area contributed by atoms with E-state index in [-0.39, 0.29) is 18.7 Å². The SMILES string of the molecule is C#CCN1C(=O)[C@@](O)(CC(=O)c2c(C)coc2C)c2ccccc21. The first-order valence-corrected chi connectivity index (χ1v) is 7.55. The first-order chi connectivity index (χ1) is 11.4. The van der Waals surface area contributed by atoms with E-state index in [2.05, 4.69) is 5.92 Å². The molecule has 0 saturated carbocycles. The standard InChI is InChI=1S/C19H17NO4/c1-4-9-20-15-8-6-5-7-14(15)19(23,18(20)22)10-16(21)17-12(2)11-24-13(17)3/h1,5-8,11,23H,9-10H2,2-3H3/t19-/m1/s1. The maximum Gasteiger partial charge on any atom is 0.265 e. The number of amides is 1. The zero-order valence-corrected chi connectivity index (χ0v) is 13.5. The number of fused-ring (bicyclic) bond motifs is 1. The Balaban J connectivity index is 2.02. The number of Topliss-reactive ketones (excluding diaryl/α,β-unsaturated/α-hetero) is 1. The van der Waals surface area contributed by atoms with Gasteiger partial charge in [-0.15, -0.1) is 6.42 Å². The number of benzene rings is 1. The number of aryl methyl sites for hydroxylation is 2. The third-order valence-corrected chi connectivity index (χ3v) is 4.34. The van der Waals surface area contributed by atoms with Crippen LogP contribution in [0.3, 0.4) is 0 Å². The highest BCUT2D eigenvalue weighted by Crippen LogP contribution is 2.42. The predicted molar refractivity (Wildman–Crippen MR) is 88.7 cm³/mol. The lowest BCUT2D eigenvalue weighted by Crippen LogP contribution is -2.42. The number of terminal acetylenes is 1. The summed E-state index contributed by atoms with van der Waals surface area (Å²) in [5, 5.41) is 11.0. The van der Waals surface area contributed by atoms with Crippen LogP contribution < -0.4 is 4.90 Å². The van der Waals surface area contributed by atoms with E-state index in [1.807, 2.05) is 0 Å². The van der Waals surface area contributed by atoms with Gasteiger partial charge in [-0.2, -0.15) is 0 Å².